The fourth-order valence-electron chi connectivity index (χ4n) is 3.44. The Morgan fingerprint density at radius 2 is 1.64 bits per heavy atom. The Balaban J connectivity index is 1.38. The molecule has 1 aliphatic rings. The predicted octanol–water partition coefficient (Wildman–Crippen LogP) is 4.18. The normalized spacial score (nSPS) is 15.5. The Hall–Kier alpha value is -1.88. The summed E-state index contributed by atoms with van der Waals surface area (Å²) in [5.74, 6) is 0.940. The smallest absolute Gasteiger partial charge is 0.119 e. The lowest BCUT2D eigenvalue weighted by molar-refractivity contribution is 0.0322. The summed E-state index contributed by atoms with van der Waals surface area (Å²) in [7, 11) is 0. The monoisotopic (exact) mass is 383 g/mol. The van der Waals surface area contributed by atoms with Gasteiger partial charge in [-0.1, -0.05) is 56.3 Å². The number of hydrogen-bond donors (Lipinski definition) is 0. The Labute approximate surface area is 169 Å². The van der Waals surface area contributed by atoms with E-state index in [1.165, 1.54) is 11.1 Å². The second-order valence-corrected chi connectivity index (χ2v) is 8.27. The standard InChI is InChI=1S/C24H33NO3/c1-24(2,20-27-19-22-6-4-3-5-7-22)18-21-8-10-23(11-9-21)28-17-14-25-12-15-26-16-13-25/h3-11H,12-20H2,1-2H3. The molecule has 0 unspecified atom stereocenters. The third-order valence-electron chi connectivity index (χ3n) is 4.99. The molecule has 28 heavy (non-hydrogen) atoms. The van der Waals surface area contributed by atoms with E-state index in [1.54, 1.807) is 0 Å². The molecular weight excluding hydrogens is 350 g/mol. The van der Waals surface area contributed by atoms with Crippen LogP contribution in [0.1, 0.15) is 25.0 Å². The molecule has 0 aromatic heterocycles. The molecule has 0 spiro atoms. The molecule has 0 saturated carbocycles. The molecule has 0 bridgehead atoms. The number of hydrogen-bond acceptors (Lipinski definition) is 4. The van der Waals surface area contributed by atoms with Gasteiger partial charge in [0.15, 0.2) is 0 Å². The molecule has 3 rings (SSSR count). The summed E-state index contributed by atoms with van der Waals surface area (Å²) in [6, 6.07) is 18.8. The molecule has 1 heterocycles. The van der Waals surface area contributed by atoms with Crippen molar-refractivity contribution in [2.24, 2.45) is 5.41 Å². The van der Waals surface area contributed by atoms with Gasteiger partial charge in [-0.25, -0.2) is 0 Å². The minimum Gasteiger partial charge on any atom is -0.492 e. The first-order valence-electron chi connectivity index (χ1n) is 10.2. The summed E-state index contributed by atoms with van der Waals surface area (Å²) in [4.78, 5) is 2.38. The molecule has 2 aromatic rings. The highest BCUT2D eigenvalue weighted by Gasteiger charge is 2.19. The highest BCUT2D eigenvalue weighted by molar-refractivity contribution is 5.28. The number of benzene rings is 2. The van der Waals surface area contributed by atoms with Gasteiger partial charge in [0.05, 0.1) is 26.4 Å². The van der Waals surface area contributed by atoms with Crippen LogP contribution in [0.3, 0.4) is 0 Å². The lowest BCUT2D eigenvalue weighted by Gasteiger charge is -2.26. The van der Waals surface area contributed by atoms with Crippen LogP contribution in [0, 0.1) is 5.41 Å². The molecule has 1 aliphatic heterocycles. The molecule has 4 heteroatoms. The lowest BCUT2D eigenvalue weighted by Crippen LogP contribution is -2.38. The van der Waals surface area contributed by atoms with Gasteiger partial charge in [0.2, 0.25) is 0 Å². The predicted molar refractivity (Wildman–Crippen MR) is 113 cm³/mol. The molecule has 152 valence electrons. The first-order valence-corrected chi connectivity index (χ1v) is 10.2. The lowest BCUT2D eigenvalue weighted by atomic mass is 9.86. The van der Waals surface area contributed by atoms with Gasteiger partial charge in [0.1, 0.15) is 12.4 Å². The van der Waals surface area contributed by atoms with Gasteiger partial charge in [-0.15, -0.1) is 0 Å². The fourth-order valence-corrected chi connectivity index (χ4v) is 3.44. The maximum absolute atomic E-state index is 5.95. The average molecular weight is 384 g/mol. The van der Waals surface area contributed by atoms with E-state index < -0.39 is 0 Å². The summed E-state index contributed by atoms with van der Waals surface area (Å²) < 4.78 is 17.2. The van der Waals surface area contributed by atoms with Crippen molar-refractivity contribution in [3.05, 3.63) is 65.7 Å². The zero-order valence-electron chi connectivity index (χ0n) is 17.2. The molecular formula is C24H33NO3. The van der Waals surface area contributed by atoms with E-state index >= 15 is 0 Å². The van der Waals surface area contributed by atoms with Gasteiger partial charge in [0, 0.05) is 19.6 Å². The van der Waals surface area contributed by atoms with Crippen molar-refractivity contribution < 1.29 is 14.2 Å². The molecule has 0 radical (unpaired) electrons. The molecule has 0 aliphatic carbocycles. The van der Waals surface area contributed by atoms with E-state index in [2.05, 4.69) is 67.3 Å². The fraction of sp³-hybridized carbons (Fsp3) is 0.500. The van der Waals surface area contributed by atoms with E-state index in [0.29, 0.717) is 6.61 Å². The van der Waals surface area contributed by atoms with Crippen molar-refractivity contribution in [3.8, 4) is 5.75 Å². The van der Waals surface area contributed by atoms with Gasteiger partial charge < -0.3 is 14.2 Å². The quantitative estimate of drug-likeness (QED) is 0.616. The highest BCUT2D eigenvalue weighted by Crippen LogP contribution is 2.24. The van der Waals surface area contributed by atoms with Gasteiger partial charge in [-0.3, -0.25) is 4.90 Å². The Morgan fingerprint density at radius 1 is 0.929 bits per heavy atom. The summed E-state index contributed by atoms with van der Waals surface area (Å²) in [5.41, 5.74) is 2.62. The molecule has 0 amide bonds. The minimum atomic E-state index is 0.0908. The molecule has 0 atom stereocenters. The van der Waals surface area contributed by atoms with Crippen molar-refractivity contribution in [3.63, 3.8) is 0 Å². The molecule has 1 saturated heterocycles. The third kappa shape index (κ3) is 7.27. The first kappa shape index (κ1) is 20.8. The van der Waals surface area contributed by atoms with Crippen molar-refractivity contribution in [1.82, 2.24) is 4.90 Å². The van der Waals surface area contributed by atoms with E-state index in [1.807, 2.05) is 6.07 Å². The van der Waals surface area contributed by atoms with E-state index in [0.717, 1.165) is 58.2 Å². The van der Waals surface area contributed by atoms with E-state index in [9.17, 15) is 0 Å². The third-order valence-corrected chi connectivity index (χ3v) is 4.99. The van der Waals surface area contributed by atoms with Crippen LogP contribution < -0.4 is 4.74 Å². The van der Waals surface area contributed by atoms with Crippen LogP contribution >= 0.6 is 0 Å². The summed E-state index contributed by atoms with van der Waals surface area (Å²) >= 11 is 0. The molecule has 1 fully saturated rings. The Kier molecular flexibility index (Phi) is 7.90. The molecule has 4 nitrogen and oxygen atoms in total. The zero-order valence-corrected chi connectivity index (χ0v) is 17.2. The van der Waals surface area contributed by atoms with Crippen molar-refractivity contribution in [2.45, 2.75) is 26.9 Å². The zero-order chi connectivity index (χ0) is 19.7. The second-order valence-electron chi connectivity index (χ2n) is 8.27. The van der Waals surface area contributed by atoms with Crippen LogP contribution in [0.5, 0.6) is 5.75 Å². The Morgan fingerprint density at radius 3 is 2.36 bits per heavy atom. The minimum absolute atomic E-state index is 0.0908. The maximum Gasteiger partial charge on any atom is 0.119 e. The number of rotatable bonds is 10. The van der Waals surface area contributed by atoms with Crippen LogP contribution in [0.25, 0.3) is 0 Å². The highest BCUT2D eigenvalue weighted by atomic mass is 16.5. The van der Waals surface area contributed by atoms with Crippen LogP contribution in [-0.2, 0) is 22.5 Å². The largest absolute Gasteiger partial charge is 0.492 e. The Bertz CT molecular complexity index is 679. The molecule has 0 N–H and O–H groups in total. The second kappa shape index (κ2) is 10.6. The van der Waals surface area contributed by atoms with Crippen LogP contribution in [0.15, 0.2) is 54.6 Å². The van der Waals surface area contributed by atoms with Gasteiger partial charge >= 0.3 is 0 Å². The van der Waals surface area contributed by atoms with E-state index in [4.69, 9.17) is 14.2 Å². The molecule has 2 aromatic carbocycles. The number of nitrogens with zero attached hydrogens (tertiary/aromatic N) is 1. The van der Waals surface area contributed by atoms with Gasteiger partial charge in [-0.05, 0) is 35.1 Å². The van der Waals surface area contributed by atoms with Gasteiger partial charge in [0.25, 0.3) is 0 Å². The van der Waals surface area contributed by atoms with Crippen LogP contribution in [0.4, 0.5) is 0 Å². The van der Waals surface area contributed by atoms with Gasteiger partial charge in [-0.2, -0.15) is 0 Å². The SMILES string of the molecule is CC(C)(COCc1ccccc1)Cc1ccc(OCCN2CCOCC2)cc1. The summed E-state index contributed by atoms with van der Waals surface area (Å²) in [5, 5.41) is 0. The summed E-state index contributed by atoms with van der Waals surface area (Å²) in [6.45, 7) is 11.3. The van der Waals surface area contributed by atoms with Crippen LogP contribution in [-0.4, -0.2) is 51.0 Å². The summed E-state index contributed by atoms with van der Waals surface area (Å²) in [6.07, 6.45) is 0.982. The number of morpholine rings is 1. The average Bonchev–Trinajstić information content (AvgIpc) is 2.71. The van der Waals surface area contributed by atoms with E-state index in [-0.39, 0.29) is 5.41 Å². The topological polar surface area (TPSA) is 30.9 Å². The maximum atomic E-state index is 5.95. The number of ether oxygens (including phenoxy) is 3. The van der Waals surface area contributed by atoms with Crippen molar-refractivity contribution >= 4 is 0 Å². The van der Waals surface area contributed by atoms with Crippen molar-refractivity contribution in [2.75, 3.05) is 46.1 Å². The van der Waals surface area contributed by atoms with Crippen molar-refractivity contribution in [1.29, 1.82) is 0 Å². The first-order chi connectivity index (χ1) is 13.6. The van der Waals surface area contributed by atoms with Crippen LogP contribution in [0.2, 0.25) is 0 Å².